The van der Waals surface area contributed by atoms with Crippen LogP contribution in [0.15, 0.2) is 47.3 Å². The van der Waals surface area contributed by atoms with Crippen molar-refractivity contribution < 1.29 is 9.21 Å². The van der Waals surface area contributed by atoms with Gasteiger partial charge in [0.1, 0.15) is 12.0 Å². The maximum Gasteiger partial charge on any atom is 0.246 e. The average molecular weight is 259 g/mol. The van der Waals surface area contributed by atoms with E-state index in [-0.39, 0.29) is 11.5 Å². The predicted octanol–water partition coefficient (Wildman–Crippen LogP) is 3.11. The highest BCUT2D eigenvalue weighted by Gasteiger charge is 2.16. The molecular formula is C13H7ClN2O2. The van der Waals surface area contributed by atoms with Crippen molar-refractivity contribution in [1.82, 2.24) is 9.97 Å². The summed E-state index contributed by atoms with van der Waals surface area (Å²) in [4.78, 5) is 19.8. The zero-order chi connectivity index (χ0) is 12.5. The van der Waals surface area contributed by atoms with Gasteiger partial charge in [-0.15, -0.1) is 0 Å². The molecule has 0 amide bonds. The van der Waals surface area contributed by atoms with Gasteiger partial charge in [0.25, 0.3) is 0 Å². The number of fused-ring (bicyclic) bond motifs is 1. The van der Waals surface area contributed by atoms with Crippen LogP contribution in [0, 0.1) is 0 Å². The summed E-state index contributed by atoms with van der Waals surface area (Å²) in [6, 6.07) is 8.55. The number of furan rings is 1. The molecule has 0 aliphatic heterocycles. The van der Waals surface area contributed by atoms with Crippen LogP contribution in [0.1, 0.15) is 16.2 Å². The van der Waals surface area contributed by atoms with E-state index in [1.54, 1.807) is 18.2 Å². The minimum Gasteiger partial charge on any atom is -0.451 e. The number of carbonyl (C=O) groups excluding carboxylic acids is 1. The first-order valence-corrected chi connectivity index (χ1v) is 5.62. The first kappa shape index (κ1) is 10.9. The third kappa shape index (κ3) is 1.76. The van der Waals surface area contributed by atoms with Gasteiger partial charge in [-0.1, -0.05) is 23.7 Å². The maximum absolute atomic E-state index is 12.1. The molecule has 1 aromatic carbocycles. The second-order valence-electron chi connectivity index (χ2n) is 3.69. The van der Waals surface area contributed by atoms with Crippen LogP contribution in [-0.2, 0) is 0 Å². The fourth-order valence-corrected chi connectivity index (χ4v) is 1.91. The maximum atomic E-state index is 12.1. The molecule has 4 nitrogen and oxygen atoms in total. The van der Waals surface area contributed by atoms with Crippen molar-refractivity contribution in [3.05, 3.63) is 59.3 Å². The quantitative estimate of drug-likeness (QED) is 0.663. The molecule has 0 aliphatic rings. The summed E-state index contributed by atoms with van der Waals surface area (Å²) in [5, 5.41) is 1.27. The monoisotopic (exact) mass is 258 g/mol. The Morgan fingerprint density at radius 2 is 2.17 bits per heavy atom. The molecule has 0 bridgehead atoms. The number of hydrogen-bond donors (Lipinski definition) is 0. The average Bonchev–Trinajstić information content (AvgIpc) is 2.84. The SMILES string of the molecule is O=C(c1ccncn1)c1cc2cccc(Cl)c2o1. The molecule has 0 fully saturated rings. The highest BCUT2D eigenvalue weighted by atomic mass is 35.5. The summed E-state index contributed by atoms with van der Waals surface area (Å²) in [5.41, 5.74) is 0.803. The third-order valence-electron chi connectivity index (χ3n) is 2.53. The highest BCUT2D eigenvalue weighted by Crippen LogP contribution is 2.27. The number of rotatable bonds is 2. The normalized spacial score (nSPS) is 10.7. The molecule has 88 valence electrons. The van der Waals surface area contributed by atoms with Crippen LogP contribution in [-0.4, -0.2) is 15.8 Å². The summed E-state index contributed by atoms with van der Waals surface area (Å²) >= 11 is 5.99. The van der Waals surface area contributed by atoms with E-state index in [0.29, 0.717) is 16.3 Å². The van der Waals surface area contributed by atoms with Crippen molar-refractivity contribution in [2.75, 3.05) is 0 Å². The Kier molecular flexibility index (Phi) is 2.57. The van der Waals surface area contributed by atoms with E-state index in [1.807, 2.05) is 6.07 Å². The van der Waals surface area contributed by atoms with Crippen molar-refractivity contribution in [1.29, 1.82) is 0 Å². The number of halogens is 1. The van der Waals surface area contributed by atoms with Crippen LogP contribution in [0.2, 0.25) is 5.02 Å². The molecule has 0 atom stereocenters. The lowest BCUT2D eigenvalue weighted by Crippen LogP contribution is -2.02. The number of aromatic nitrogens is 2. The molecule has 0 aliphatic carbocycles. The van der Waals surface area contributed by atoms with Crippen molar-refractivity contribution in [3.8, 4) is 0 Å². The van der Waals surface area contributed by atoms with Gasteiger partial charge in [-0.25, -0.2) is 9.97 Å². The molecule has 3 rings (SSSR count). The van der Waals surface area contributed by atoms with Gasteiger partial charge in [-0.05, 0) is 18.2 Å². The number of carbonyl (C=O) groups is 1. The molecule has 2 aromatic heterocycles. The molecule has 0 unspecified atom stereocenters. The molecule has 2 heterocycles. The van der Waals surface area contributed by atoms with Crippen LogP contribution in [0.3, 0.4) is 0 Å². The van der Waals surface area contributed by atoms with Gasteiger partial charge in [0.15, 0.2) is 11.3 Å². The van der Waals surface area contributed by atoms with Crippen molar-refractivity contribution in [2.45, 2.75) is 0 Å². The molecule has 18 heavy (non-hydrogen) atoms. The Morgan fingerprint density at radius 1 is 1.28 bits per heavy atom. The summed E-state index contributed by atoms with van der Waals surface area (Å²) < 4.78 is 5.47. The van der Waals surface area contributed by atoms with Gasteiger partial charge in [0, 0.05) is 11.6 Å². The van der Waals surface area contributed by atoms with E-state index >= 15 is 0 Å². The molecule has 0 saturated heterocycles. The minimum absolute atomic E-state index is 0.219. The Hall–Kier alpha value is -2.20. The molecule has 0 saturated carbocycles. The van der Waals surface area contributed by atoms with Crippen LogP contribution in [0.5, 0.6) is 0 Å². The lowest BCUT2D eigenvalue weighted by atomic mass is 10.2. The highest BCUT2D eigenvalue weighted by molar-refractivity contribution is 6.35. The molecule has 0 spiro atoms. The lowest BCUT2D eigenvalue weighted by molar-refractivity contribution is 0.101. The lowest BCUT2D eigenvalue weighted by Gasteiger charge is -1.94. The minimum atomic E-state index is -0.287. The van der Waals surface area contributed by atoms with Gasteiger partial charge >= 0.3 is 0 Å². The largest absolute Gasteiger partial charge is 0.451 e. The predicted molar refractivity (Wildman–Crippen MR) is 66.7 cm³/mol. The summed E-state index contributed by atoms with van der Waals surface area (Å²) in [5.74, 6) is -0.0681. The second kappa shape index (κ2) is 4.23. The summed E-state index contributed by atoms with van der Waals surface area (Å²) in [7, 11) is 0. The van der Waals surface area contributed by atoms with Crippen LogP contribution >= 0.6 is 11.6 Å². The molecule has 5 heteroatoms. The van der Waals surface area contributed by atoms with Gasteiger partial charge in [-0.2, -0.15) is 0 Å². The van der Waals surface area contributed by atoms with E-state index in [1.165, 1.54) is 18.6 Å². The number of benzene rings is 1. The third-order valence-corrected chi connectivity index (χ3v) is 2.83. The standard InChI is InChI=1S/C13H7ClN2O2/c14-9-3-1-2-8-6-11(18-13(8)9)12(17)10-4-5-15-7-16-10/h1-7H. The number of ketones is 1. The number of para-hydroxylation sites is 1. The van der Waals surface area contributed by atoms with Crippen LogP contribution in [0.4, 0.5) is 0 Å². The molecule has 3 aromatic rings. The fraction of sp³-hybridized carbons (Fsp3) is 0. The first-order valence-electron chi connectivity index (χ1n) is 5.24. The molecule has 0 radical (unpaired) electrons. The smallest absolute Gasteiger partial charge is 0.246 e. The Labute approximate surface area is 107 Å². The van der Waals surface area contributed by atoms with E-state index in [2.05, 4.69) is 9.97 Å². The van der Waals surface area contributed by atoms with Gasteiger partial charge in [0.05, 0.1) is 5.02 Å². The van der Waals surface area contributed by atoms with E-state index in [9.17, 15) is 4.79 Å². The number of hydrogen-bond acceptors (Lipinski definition) is 4. The first-order chi connectivity index (χ1) is 8.75. The van der Waals surface area contributed by atoms with Gasteiger partial charge in [0.2, 0.25) is 5.78 Å². The second-order valence-corrected chi connectivity index (χ2v) is 4.10. The Balaban J connectivity index is 2.10. The summed E-state index contributed by atoms with van der Waals surface area (Å²) in [6.07, 6.45) is 2.83. The van der Waals surface area contributed by atoms with E-state index < -0.39 is 0 Å². The zero-order valence-corrected chi connectivity index (χ0v) is 9.89. The number of nitrogens with zero attached hydrogens (tertiary/aromatic N) is 2. The van der Waals surface area contributed by atoms with Crippen molar-refractivity contribution in [2.24, 2.45) is 0 Å². The van der Waals surface area contributed by atoms with E-state index in [4.69, 9.17) is 16.0 Å². The summed E-state index contributed by atoms with van der Waals surface area (Å²) in [6.45, 7) is 0. The van der Waals surface area contributed by atoms with E-state index in [0.717, 1.165) is 5.39 Å². The topological polar surface area (TPSA) is 56.0 Å². The zero-order valence-electron chi connectivity index (χ0n) is 9.13. The Bertz CT molecular complexity index is 722. The molecular weight excluding hydrogens is 252 g/mol. The van der Waals surface area contributed by atoms with Crippen LogP contribution in [0.25, 0.3) is 11.0 Å². The van der Waals surface area contributed by atoms with Crippen molar-refractivity contribution in [3.63, 3.8) is 0 Å². The van der Waals surface area contributed by atoms with Gasteiger partial charge < -0.3 is 4.42 Å². The van der Waals surface area contributed by atoms with Crippen LogP contribution < -0.4 is 0 Å². The fourth-order valence-electron chi connectivity index (χ4n) is 1.69. The Morgan fingerprint density at radius 3 is 2.89 bits per heavy atom. The van der Waals surface area contributed by atoms with Gasteiger partial charge in [-0.3, -0.25) is 4.79 Å². The molecule has 0 N–H and O–H groups in total. The van der Waals surface area contributed by atoms with Crippen molar-refractivity contribution >= 4 is 28.4 Å².